The van der Waals surface area contributed by atoms with Gasteiger partial charge in [0.05, 0.1) is 0 Å². The van der Waals surface area contributed by atoms with E-state index in [1.54, 1.807) is 0 Å². The Morgan fingerprint density at radius 2 is 2.05 bits per heavy atom. The topological polar surface area (TPSA) is 53.7 Å². The van der Waals surface area contributed by atoms with E-state index in [2.05, 4.69) is 37.9 Å². The summed E-state index contributed by atoms with van der Waals surface area (Å²) < 4.78 is 5.67. The van der Waals surface area contributed by atoms with Gasteiger partial charge in [0.25, 0.3) is 0 Å². The van der Waals surface area contributed by atoms with Gasteiger partial charge in [-0.15, -0.1) is 0 Å². The molecule has 4 nitrogen and oxygen atoms in total. The number of unbranched alkanes of at least 4 members (excludes halogenated alkanes) is 1. The van der Waals surface area contributed by atoms with Crippen LogP contribution < -0.4 is 0 Å². The summed E-state index contributed by atoms with van der Waals surface area (Å²) in [5.74, 6) is -0.947. The van der Waals surface area contributed by atoms with Crippen molar-refractivity contribution in [3.05, 3.63) is 34.6 Å². The molecule has 120 valence electrons. The smallest absolute Gasteiger partial charge is 0.372 e. The van der Waals surface area contributed by atoms with Crippen molar-refractivity contribution in [2.75, 3.05) is 13.6 Å². The molecule has 1 N–H and O–H groups in total. The molecule has 1 aromatic heterocycles. The van der Waals surface area contributed by atoms with Gasteiger partial charge in [0.1, 0.15) is 5.58 Å². The van der Waals surface area contributed by atoms with Crippen molar-refractivity contribution in [3.8, 4) is 0 Å². The molecule has 1 aromatic carbocycles. The van der Waals surface area contributed by atoms with Gasteiger partial charge in [-0.3, -0.25) is 0 Å². The molecule has 0 aliphatic carbocycles. The fraction of sp³-hybridized carbons (Fsp3) is 0.500. The van der Waals surface area contributed by atoms with Gasteiger partial charge in [-0.1, -0.05) is 26.3 Å². The van der Waals surface area contributed by atoms with Crippen LogP contribution in [-0.2, 0) is 13.0 Å². The van der Waals surface area contributed by atoms with Crippen molar-refractivity contribution in [1.29, 1.82) is 0 Å². The Kier molecular flexibility index (Phi) is 5.24. The molecule has 0 saturated heterocycles. The molecule has 2 aromatic rings. The Bertz CT molecular complexity index is 673. The van der Waals surface area contributed by atoms with Crippen molar-refractivity contribution >= 4 is 16.9 Å². The van der Waals surface area contributed by atoms with E-state index < -0.39 is 5.97 Å². The fourth-order valence-electron chi connectivity index (χ4n) is 2.78. The predicted octanol–water partition coefficient (Wildman–Crippen LogP) is 4.23. The van der Waals surface area contributed by atoms with E-state index in [0.29, 0.717) is 0 Å². The maximum absolute atomic E-state index is 11.3. The van der Waals surface area contributed by atoms with E-state index in [4.69, 9.17) is 4.42 Å². The van der Waals surface area contributed by atoms with Crippen LogP contribution in [0.25, 0.3) is 11.0 Å². The summed E-state index contributed by atoms with van der Waals surface area (Å²) in [5.41, 5.74) is 3.72. The number of benzene rings is 1. The molecule has 0 amide bonds. The van der Waals surface area contributed by atoms with Crippen LogP contribution >= 0.6 is 0 Å². The molecule has 0 aliphatic rings. The number of fused-ring (bicyclic) bond motifs is 1. The van der Waals surface area contributed by atoms with Crippen LogP contribution in [0.4, 0.5) is 0 Å². The Labute approximate surface area is 131 Å². The Balaban J connectivity index is 2.47. The zero-order valence-electron chi connectivity index (χ0n) is 13.9. The fourth-order valence-corrected chi connectivity index (χ4v) is 2.78. The first kappa shape index (κ1) is 16.6. The van der Waals surface area contributed by atoms with Crippen LogP contribution in [0, 0.1) is 6.92 Å². The SMILES string of the molecule is CCCCN(C)Cc1cc(CC)cc2c(C)c(C(=O)O)oc12. The summed E-state index contributed by atoms with van der Waals surface area (Å²) in [6, 6.07) is 4.19. The Hall–Kier alpha value is -1.81. The first-order chi connectivity index (χ1) is 10.5. The molecule has 0 spiro atoms. The third-order valence-electron chi connectivity index (χ3n) is 4.11. The highest BCUT2D eigenvalue weighted by Crippen LogP contribution is 2.30. The molecule has 0 bridgehead atoms. The second-order valence-electron chi connectivity index (χ2n) is 5.94. The zero-order chi connectivity index (χ0) is 16.3. The highest BCUT2D eigenvalue weighted by Gasteiger charge is 2.19. The van der Waals surface area contributed by atoms with Crippen LogP contribution in [-0.4, -0.2) is 29.6 Å². The van der Waals surface area contributed by atoms with E-state index >= 15 is 0 Å². The second kappa shape index (κ2) is 6.97. The molecule has 0 aliphatic heterocycles. The van der Waals surface area contributed by atoms with Gasteiger partial charge in [0, 0.05) is 23.1 Å². The van der Waals surface area contributed by atoms with Gasteiger partial charge in [0.2, 0.25) is 5.76 Å². The zero-order valence-corrected chi connectivity index (χ0v) is 13.9. The summed E-state index contributed by atoms with van der Waals surface area (Å²) in [5, 5.41) is 10.2. The van der Waals surface area contributed by atoms with Crippen molar-refractivity contribution in [3.63, 3.8) is 0 Å². The highest BCUT2D eigenvalue weighted by molar-refractivity contribution is 5.96. The van der Waals surface area contributed by atoms with Crippen LogP contribution in [0.3, 0.4) is 0 Å². The van der Waals surface area contributed by atoms with Crippen LogP contribution in [0.2, 0.25) is 0 Å². The summed E-state index contributed by atoms with van der Waals surface area (Å²) in [6.45, 7) is 7.91. The van der Waals surface area contributed by atoms with Gasteiger partial charge < -0.3 is 14.4 Å². The maximum atomic E-state index is 11.3. The van der Waals surface area contributed by atoms with E-state index in [9.17, 15) is 9.90 Å². The molecule has 0 fully saturated rings. The van der Waals surface area contributed by atoms with Crippen LogP contribution in [0.5, 0.6) is 0 Å². The monoisotopic (exact) mass is 303 g/mol. The number of aromatic carboxylic acids is 1. The largest absolute Gasteiger partial charge is 0.475 e. The third-order valence-corrected chi connectivity index (χ3v) is 4.11. The lowest BCUT2D eigenvalue weighted by molar-refractivity contribution is 0.0664. The maximum Gasteiger partial charge on any atom is 0.372 e. The van der Waals surface area contributed by atoms with Crippen LogP contribution in [0.15, 0.2) is 16.5 Å². The molecule has 4 heteroatoms. The lowest BCUT2D eigenvalue weighted by atomic mass is 10.0. The van der Waals surface area contributed by atoms with E-state index in [0.717, 1.165) is 54.4 Å². The average Bonchev–Trinajstić information content (AvgIpc) is 2.83. The van der Waals surface area contributed by atoms with Crippen molar-refractivity contribution in [2.24, 2.45) is 0 Å². The molecular formula is C18H25NO3. The molecule has 0 radical (unpaired) electrons. The Morgan fingerprint density at radius 1 is 1.32 bits per heavy atom. The van der Waals surface area contributed by atoms with Gasteiger partial charge in [0.15, 0.2) is 0 Å². The normalized spacial score (nSPS) is 11.5. The summed E-state index contributed by atoms with van der Waals surface area (Å²) in [6.07, 6.45) is 3.25. The van der Waals surface area contributed by atoms with Crippen molar-refractivity contribution in [2.45, 2.75) is 46.6 Å². The number of hydrogen-bond donors (Lipinski definition) is 1. The summed E-state index contributed by atoms with van der Waals surface area (Å²) in [7, 11) is 2.09. The molecule has 0 unspecified atom stereocenters. The first-order valence-corrected chi connectivity index (χ1v) is 7.94. The van der Waals surface area contributed by atoms with Gasteiger partial charge in [-0.05, 0) is 45.0 Å². The average molecular weight is 303 g/mol. The molecular weight excluding hydrogens is 278 g/mol. The third kappa shape index (κ3) is 3.33. The van der Waals surface area contributed by atoms with Crippen molar-refractivity contribution < 1.29 is 14.3 Å². The highest BCUT2D eigenvalue weighted by atomic mass is 16.4. The molecule has 0 saturated carbocycles. The number of carboxylic acid groups (broad SMARTS) is 1. The molecule has 2 rings (SSSR count). The predicted molar refractivity (Wildman–Crippen MR) is 88.5 cm³/mol. The molecule has 0 atom stereocenters. The minimum atomic E-state index is -1.00. The van der Waals surface area contributed by atoms with Gasteiger partial charge in [-0.25, -0.2) is 4.79 Å². The summed E-state index contributed by atoms with van der Waals surface area (Å²) >= 11 is 0. The van der Waals surface area contributed by atoms with E-state index in [1.807, 2.05) is 6.92 Å². The number of carboxylic acids is 1. The van der Waals surface area contributed by atoms with Crippen molar-refractivity contribution in [1.82, 2.24) is 4.90 Å². The van der Waals surface area contributed by atoms with Crippen LogP contribution in [0.1, 0.15) is 53.9 Å². The van der Waals surface area contributed by atoms with E-state index in [-0.39, 0.29) is 5.76 Å². The number of aryl methyl sites for hydroxylation is 2. The number of carbonyl (C=O) groups is 1. The number of rotatable bonds is 7. The minimum absolute atomic E-state index is 0.0562. The minimum Gasteiger partial charge on any atom is -0.475 e. The standard InChI is InChI=1S/C18H25NO3/c1-5-7-8-19(4)11-14-9-13(6-2)10-15-12(3)16(18(20)21)22-17(14)15/h9-10H,5-8,11H2,1-4H3,(H,20,21). The quantitative estimate of drug-likeness (QED) is 0.831. The van der Waals surface area contributed by atoms with E-state index in [1.165, 1.54) is 5.56 Å². The van der Waals surface area contributed by atoms with Gasteiger partial charge in [-0.2, -0.15) is 0 Å². The van der Waals surface area contributed by atoms with Gasteiger partial charge >= 0.3 is 5.97 Å². The number of nitrogens with zero attached hydrogens (tertiary/aromatic N) is 1. The molecule has 1 heterocycles. The number of hydrogen-bond acceptors (Lipinski definition) is 3. The Morgan fingerprint density at radius 3 is 2.64 bits per heavy atom. The lowest BCUT2D eigenvalue weighted by Crippen LogP contribution is -2.19. The summed E-state index contributed by atoms with van der Waals surface area (Å²) in [4.78, 5) is 13.6. The first-order valence-electron chi connectivity index (χ1n) is 7.94. The second-order valence-corrected chi connectivity index (χ2v) is 5.94. The lowest BCUT2D eigenvalue weighted by Gasteiger charge is -2.17. The molecule has 22 heavy (non-hydrogen) atoms. The number of furan rings is 1.